The summed E-state index contributed by atoms with van der Waals surface area (Å²) in [7, 11) is 16.6. The van der Waals surface area contributed by atoms with Crippen LogP contribution in [-0.4, -0.2) is 89.3 Å². The molecule has 3 heterocycles. The summed E-state index contributed by atoms with van der Waals surface area (Å²) in [6.07, 6.45) is 4.20. The van der Waals surface area contributed by atoms with Crippen LogP contribution in [-0.2, 0) is 5.66 Å². The predicted molar refractivity (Wildman–Crippen MR) is 202 cm³/mol. The monoisotopic (exact) mass is 676 g/mol. The summed E-state index contributed by atoms with van der Waals surface area (Å²) >= 11 is 14.5. The molecule has 2 aromatic carbocycles. The first-order valence-electron chi connectivity index (χ1n) is 16.1. The van der Waals surface area contributed by atoms with Gasteiger partial charge in [0.2, 0.25) is 0 Å². The van der Waals surface area contributed by atoms with Crippen molar-refractivity contribution in [3.8, 4) is 0 Å². The van der Waals surface area contributed by atoms with E-state index in [-0.39, 0.29) is 0 Å². The molecule has 5 rings (SSSR count). The Morgan fingerprint density at radius 1 is 0.766 bits per heavy atom. The summed E-state index contributed by atoms with van der Waals surface area (Å²) < 4.78 is 1.75. The molecule has 8 nitrogen and oxygen atoms in total. The number of hydrogen-bond donors (Lipinski definition) is 1. The number of likely N-dealkylation sites (N-methyl/N-ethyl adjacent to an activating group) is 1. The molecule has 2 aliphatic rings. The predicted octanol–water partition coefficient (Wildman–Crippen LogP) is 6.67. The molecule has 0 radical (unpaired) electrons. The zero-order chi connectivity index (χ0) is 34.5. The maximum Gasteiger partial charge on any atom is 0.172 e. The molecule has 252 valence electrons. The van der Waals surface area contributed by atoms with E-state index >= 15 is 0 Å². The molecule has 0 aliphatic carbocycles. The van der Waals surface area contributed by atoms with Gasteiger partial charge in [0.25, 0.3) is 0 Å². The molecule has 0 bridgehead atoms. The van der Waals surface area contributed by atoms with Crippen LogP contribution in [0.5, 0.6) is 0 Å². The SMILES string of the molecule is Cc1cc(N(C)C)cc(C)c1C1=C(C2(c3cc(N(C)C)ccn3)NCC(Cl)N2Cl)N(c2c(C)cc(N(C)C)cc2C)CC=C1N(C)C. The molecule has 1 fully saturated rings. The lowest BCUT2D eigenvalue weighted by Crippen LogP contribution is -2.54. The van der Waals surface area contributed by atoms with Gasteiger partial charge >= 0.3 is 0 Å². The minimum atomic E-state index is -1.08. The van der Waals surface area contributed by atoms with Gasteiger partial charge in [0, 0.05) is 110 Å². The molecule has 1 N–H and O–H groups in total. The van der Waals surface area contributed by atoms with Crippen LogP contribution in [0.25, 0.3) is 5.57 Å². The number of nitrogens with zero attached hydrogens (tertiary/aromatic N) is 7. The van der Waals surface area contributed by atoms with Crippen LogP contribution in [0.2, 0.25) is 0 Å². The summed E-state index contributed by atoms with van der Waals surface area (Å²) in [6, 6.07) is 13.2. The number of nitrogens with one attached hydrogen (secondary N) is 1. The van der Waals surface area contributed by atoms with Crippen molar-refractivity contribution in [2.75, 3.05) is 89.1 Å². The van der Waals surface area contributed by atoms with Crippen molar-refractivity contribution < 1.29 is 0 Å². The second-order valence-electron chi connectivity index (χ2n) is 13.6. The number of anilines is 4. The highest BCUT2D eigenvalue weighted by atomic mass is 35.5. The van der Waals surface area contributed by atoms with Crippen molar-refractivity contribution in [3.05, 3.63) is 93.6 Å². The largest absolute Gasteiger partial charge is 0.378 e. The number of allylic oxidation sites excluding steroid dienone is 1. The number of alkyl halides is 1. The fourth-order valence-corrected chi connectivity index (χ4v) is 7.59. The van der Waals surface area contributed by atoms with Gasteiger partial charge in [0.05, 0.1) is 11.4 Å². The summed E-state index contributed by atoms with van der Waals surface area (Å²) in [6.45, 7) is 9.91. The van der Waals surface area contributed by atoms with Crippen LogP contribution in [0.1, 0.15) is 33.5 Å². The van der Waals surface area contributed by atoms with Crippen molar-refractivity contribution in [1.29, 1.82) is 0 Å². The Hall–Kier alpha value is -3.43. The minimum absolute atomic E-state index is 0.472. The molecule has 3 aromatic rings. The fraction of sp³-hybridized carbons (Fsp3) is 0.432. The Morgan fingerprint density at radius 3 is 1.77 bits per heavy atom. The standard InChI is InChI=1S/C37H50Cl2N8/c1-23-17-28(43(7)8)18-24(2)33(23)34-30(45(11)12)14-16-46(35-25(3)19-29(44(9)10)20-26(35)4)36(34)37(41-22-32(38)47(37)39)31-21-27(42(5)6)13-15-40-31/h13-15,17-21,32,41H,16,22H2,1-12H3. The van der Waals surface area contributed by atoms with Crippen molar-refractivity contribution in [2.45, 2.75) is 38.9 Å². The second-order valence-corrected chi connectivity index (χ2v) is 14.5. The average molecular weight is 678 g/mol. The van der Waals surface area contributed by atoms with E-state index in [1.165, 1.54) is 27.8 Å². The Kier molecular flexibility index (Phi) is 9.82. The Bertz CT molecular complexity index is 1680. The number of aromatic nitrogens is 1. The van der Waals surface area contributed by atoms with E-state index in [9.17, 15) is 0 Å². The fourth-order valence-electron chi connectivity index (χ4n) is 7.07. The summed E-state index contributed by atoms with van der Waals surface area (Å²) in [5.74, 6) is 0. The second kappa shape index (κ2) is 13.2. The number of benzene rings is 2. The van der Waals surface area contributed by atoms with E-state index in [2.05, 4.69) is 136 Å². The number of hydrogen-bond acceptors (Lipinski definition) is 8. The first-order valence-corrected chi connectivity index (χ1v) is 16.8. The van der Waals surface area contributed by atoms with Gasteiger partial charge in [-0.3, -0.25) is 10.3 Å². The Balaban J connectivity index is 1.99. The average Bonchev–Trinajstić information content (AvgIpc) is 3.30. The zero-order valence-corrected chi connectivity index (χ0v) is 31.5. The van der Waals surface area contributed by atoms with Gasteiger partial charge in [0.1, 0.15) is 5.50 Å². The normalized spacial score (nSPS) is 20.1. The molecule has 1 saturated heterocycles. The number of rotatable bonds is 8. The lowest BCUT2D eigenvalue weighted by atomic mass is 9.83. The summed E-state index contributed by atoms with van der Waals surface area (Å²) in [5, 5.41) is 3.84. The van der Waals surface area contributed by atoms with E-state index in [0.717, 1.165) is 45.4 Å². The molecule has 0 saturated carbocycles. The molecule has 10 heteroatoms. The quantitative estimate of drug-likeness (QED) is 0.161. The highest BCUT2D eigenvalue weighted by molar-refractivity contribution is 6.26. The smallest absolute Gasteiger partial charge is 0.172 e. The van der Waals surface area contributed by atoms with E-state index in [4.69, 9.17) is 28.4 Å². The lowest BCUT2D eigenvalue weighted by Gasteiger charge is -2.47. The number of pyridine rings is 1. The first-order chi connectivity index (χ1) is 22.1. The van der Waals surface area contributed by atoms with Crippen LogP contribution in [0.4, 0.5) is 22.7 Å². The summed E-state index contributed by atoms with van der Waals surface area (Å²) in [4.78, 5) is 16.1. The van der Waals surface area contributed by atoms with Crippen molar-refractivity contribution in [1.82, 2.24) is 19.6 Å². The third-order valence-corrected chi connectivity index (χ3v) is 10.3. The van der Waals surface area contributed by atoms with Gasteiger partial charge in [-0.25, -0.2) is 0 Å². The third-order valence-electron chi connectivity index (χ3n) is 9.32. The van der Waals surface area contributed by atoms with Crippen LogP contribution in [0.3, 0.4) is 0 Å². The zero-order valence-electron chi connectivity index (χ0n) is 30.0. The highest BCUT2D eigenvalue weighted by Gasteiger charge is 2.55. The maximum absolute atomic E-state index is 7.49. The molecular formula is C37H50Cl2N8. The molecule has 0 amide bonds. The van der Waals surface area contributed by atoms with Crippen molar-refractivity contribution in [3.63, 3.8) is 0 Å². The Labute approximate surface area is 292 Å². The Morgan fingerprint density at radius 2 is 1.30 bits per heavy atom. The molecule has 1 aromatic heterocycles. The van der Waals surface area contributed by atoms with Crippen LogP contribution >= 0.6 is 23.4 Å². The molecule has 2 unspecified atom stereocenters. The van der Waals surface area contributed by atoms with Gasteiger partial charge in [-0.05, 0) is 110 Å². The van der Waals surface area contributed by atoms with Crippen LogP contribution in [0, 0.1) is 27.7 Å². The van der Waals surface area contributed by atoms with Crippen LogP contribution in [0.15, 0.2) is 60.1 Å². The van der Waals surface area contributed by atoms with Crippen LogP contribution < -0.4 is 24.9 Å². The van der Waals surface area contributed by atoms with Gasteiger partial charge in [-0.15, -0.1) is 11.6 Å². The van der Waals surface area contributed by atoms with Gasteiger partial charge in [-0.1, -0.05) is 0 Å². The van der Waals surface area contributed by atoms with Gasteiger partial charge < -0.3 is 24.5 Å². The lowest BCUT2D eigenvalue weighted by molar-refractivity contribution is 0.253. The van der Waals surface area contributed by atoms with E-state index in [0.29, 0.717) is 13.1 Å². The maximum atomic E-state index is 7.49. The number of halogens is 2. The molecule has 2 aliphatic heterocycles. The van der Waals surface area contributed by atoms with Gasteiger partial charge in [0.15, 0.2) is 5.66 Å². The van der Waals surface area contributed by atoms with Gasteiger partial charge in [-0.2, -0.15) is 4.42 Å². The third kappa shape index (κ3) is 6.06. The highest BCUT2D eigenvalue weighted by Crippen LogP contribution is 2.51. The van der Waals surface area contributed by atoms with Crippen molar-refractivity contribution >= 4 is 51.7 Å². The van der Waals surface area contributed by atoms with Crippen molar-refractivity contribution in [2.24, 2.45) is 0 Å². The molecule has 0 spiro atoms. The van der Waals surface area contributed by atoms with E-state index < -0.39 is 11.2 Å². The molecule has 47 heavy (non-hydrogen) atoms. The topological polar surface area (TPSA) is 44.4 Å². The molecular weight excluding hydrogens is 627 g/mol. The van der Waals surface area contributed by atoms with E-state index in [1.807, 2.05) is 26.4 Å². The summed E-state index contributed by atoms with van der Waals surface area (Å²) in [5.41, 5.74) is 12.8. The first kappa shape index (κ1) is 34.9. The molecule has 2 atom stereocenters. The van der Waals surface area contributed by atoms with E-state index in [1.54, 1.807) is 4.42 Å². The minimum Gasteiger partial charge on any atom is -0.378 e. The number of aryl methyl sites for hydroxylation is 4.